The second-order valence-electron chi connectivity index (χ2n) is 5.61. The number of aryl methyl sites for hydroxylation is 1. The van der Waals surface area contributed by atoms with Crippen molar-refractivity contribution >= 4 is 17.4 Å². The van der Waals surface area contributed by atoms with E-state index in [1.807, 2.05) is 27.7 Å². The van der Waals surface area contributed by atoms with E-state index in [1.165, 1.54) is 6.20 Å². The maximum absolute atomic E-state index is 12.1. The van der Waals surface area contributed by atoms with Crippen LogP contribution in [0.5, 0.6) is 0 Å². The third kappa shape index (κ3) is 3.81. The maximum atomic E-state index is 12.1. The van der Waals surface area contributed by atoms with Crippen LogP contribution in [0.2, 0.25) is 0 Å². The summed E-state index contributed by atoms with van der Waals surface area (Å²) in [6.45, 7) is 7.60. The van der Waals surface area contributed by atoms with Crippen molar-refractivity contribution in [2.24, 2.45) is 0 Å². The molecule has 2 N–H and O–H groups in total. The fraction of sp³-hybridized carbons (Fsp3) is 0.357. The molecule has 6 nitrogen and oxygen atoms in total. The first-order valence-corrected chi connectivity index (χ1v) is 6.31. The van der Waals surface area contributed by atoms with Gasteiger partial charge in [-0.15, -0.1) is 0 Å². The zero-order chi connectivity index (χ0) is 14.8. The molecule has 0 bridgehead atoms. The van der Waals surface area contributed by atoms with Crippen LogP contribution in [-0.2, 0) is 0 Å². The minimum Gasteiger partial charge on any atom is -0.360 e. The van der Waals surface area contributed by atoms with E-state index in [1.54, 1.807) is 18.3 Å². The van der Waals surface area contributed by atoms with Gasteiger partial charge in [0, 0.05) is 17.8 Å². The Morgan fingerprint density at radius 3 is 2.60 bits per heavy atom. The highest BCUT2D eigenvalue weighted by atomic mass is 16.5. The number of aromatic nitrogens is 2. The predicted molar refractivity (Wildman–Crippen MR) is 76.0 cm³/mol. The van der Waals surface area contributed by atoms with E-state index in [9.17, 15) is 4.79 Å². The lowest BCUT2D eigenvalue weighted by atomic mass is 10.1. The van der Waals surface area contributed by atoms with Gasteiger partial charge in [-0.1, -0.05) is 5.16 Å². The first-order chi connectivity index (χ1) is 9.33. The lowest BCUT2D eigenvalue weighted by Gasteiger charge is -2.20. The van der Waals surface area contributed by atoms with Crippen molar-refractivity contribution in [1.82, 2.24) is 15.5 Å². The Kier molecular flexibility index (Phi) is 3.74. The molecule has 20 heavy (non-hydrogen) atoms. The number of carbonyl (C=O) groups is 1. The smallest absolute Gasteiger partial charge is 0.253 e. The van der Waals surface area contributed by atoms with Crippen molar-refractivity contribution < 1.29 is 9.32 Å². The molecule has 0 aromatic carbocycles. The molecule has 0 radical (unpaired) electrons. The van der Waals surface area contributed by atoms with Gasteiger partial charge in [0.1, 0.15) is 5.76 Å². The van der Waals surface area contributed by atoms with Crippen LogP contribution in [0.1, 0.15) is 36.9 Å². The molecule has 1 amide bonds. The molecule has 0 unspecified atom stereocenters. The fourth-order valence-corrected chi connectivity index (χ4v) is 1.62. The van der Waals surface area contributed by atoms with Gasteiger partial charge in [0.25, 0.3) is 5.91 Å². The Hall–Kier alpha value is -2.37. The SMILES string of the molecule is Cc1cc(Nc2cncc(C(=O)NC(C)(C)C)c2)no1. The molecular weight excluding hydrogens is 256 g/mol. The van der Waals surface area contributed by atoms with Crippen molar-refractivity contribution in [2.75, 3.05) is 5.32 Å². The third-order valence-corrected chi connectivity index (χ3v) is 2.39. The Labute approximate surface area is 117 Å². The number of nitrogens with one attached hydrogen (secondary N) is 2. The number of pyridine rings is 1. The number of hydrogen-bond donors (Lipinski definition) is 2. The van der Waals surface area contributed by atoms with Gasteiger partial charge in [0.05, 0.1) is 17.4 Å². The molecule has 0 fully saturated rings. The van der Waals surface area contributed by atoms with E-state index in [4.69, 9.17) is 4.52 Å². The highest BCUT2D eigenvalue weighted by Crippen LogP contribution is 2.16. The van der Waals surface area contributed by atoms with E-state index >= 15 is 0 Å². The van der Waals surface area contributed by atoms with Crippen molar-refractivity contribution in [3.05, 3.63) is 35.9 Å². The van der Waals surface area contributed by atoms with Crippen LogP contribution in [0.3, 0.4) is 0 Å². The molecular formula is C14H18N4O2. The van der Waals surface area contributed by atoms with Gasteiger partial charge in [-0.25, -0.2) is 0 Å². The molecule has 0 saturated carbocycles. The maximum Gasteiger partial charge on any atom is 0.253 e. The van der Waals surface area contributed by atoms with E-state index in [0.29, 0.717) is 22.8 Å². The van der Waals surface area contributed by atoms with Gasteiger partial charge < -0.3 is 15.2 Å². The molecule has 2 heterocycles. The molecule has 0 spiro atoms. The fourth-order valence-electron chi connectivity index (χ4n) is 1.62. The zero-order valence-corrected chi connectivity index (χ0v) is 12.0. The van der Waals surface area contributed by atoms with Crippen molar-refractivity contribution in [3.8, 4) is 0 Å². The molecule has 0 aliphatic heterocycles. The van der Waals surface area contributed by atoms with Gasteiger partial charge in [-0.05, 0) is 33.8 Å². The largest absolute Gasteiger partial charge is 0.360 e. The minimum absolute atomic E-state index is 0.162. The molecule has 106 valence electrons. The third-order valence-electron chi connectivity index (χ3n) is 2.39. The summed E-state index contributed by atoms with van der Waals surface area (Å²) in [7, 11) is 0. The summed E-state index contributed by atoms with van der Waals surface area (Å²) in [5, 5.41) is 9.76. The summed E-state index contributed by atoms with van der Waals surface area (Å²) in [6, 6.07) is 3.49. The Morgan fingerprint density at radius 1 is 1.25 bits per heavy atom. The Morgan fingerprint density at radius 2 is 2.00 bits per heavy atom. The number of amides is 1. The number of hydrogen-bond acceptors (Lipinski definition) is 5. The first-order valence-electron chi connectivity index (χ1n) is 6.31. The van der Waals surface area contributed by atoms with Gasteiger partial charge >= 0.3 is 0 Å². The van der Waals surface area contributed by atoms with E-state index in [-0.39, 0.29) is 11.4 Å². The number of nitrogens with zero attached hydrogens (tertiary/aromatic N) is 2. The number of rotatable bonds is 3. The van der Waals surface area contributed by atoms with Crippen LogP contribution in [0.15, 0.2) is 29.0 Å². The Balaban J connectivity index is 2.13. The van der Waals surface area contributed by atoms with Crippen LogP contribution in [0, 0.1) is 6.92 Å². The molecule has 0 saturated heterocycles. The van der Waals surface area contributed by atoms with Crippen LogP contribution < -0.4 is 10.6 Å². The highest BCUT2D eigenvalue weighted by molar-refractivity contribution is 5.95. The van der Waals surface area contributed by atoms with Crippen LogP contribution >= 0.6 is 0 Å². The minimum atomic E-state index is -0.288. The highest BCUT2D eigenvalue weighted by Gasteiger charge is 2.15. The topological polar surface area (TPSA) is 80.0 Å². The van der Waals surface area contributed by atoms with Gasteiger partial charge in [-0.2, -0.15) is 0 Å². The molecule has 2 aromatic rings. The van der Waals surface area contributed by atoms with Gasteiger partial charge in [0.15, 0.2) is 5.82 Å². The number of anilines is 2. The normalized spacial score (nSPS) is 11.2. The average molecular weight is 274 g/mol. The summed E-state index contributed by atoms with van der Waals surface area (Å²) in [5.74, 6) is 1.13. The summed E-state index contributed by atoms with van der Waals surface area (Å²) >= 11 is 0. The first kappa shape index (κ1) is 14.0. The average Bonchev–Trinajstić information content (AvgIpc) is 2.73. The predicted octanol–water partition coefficient (Wildman–Crippen LogP) is 2.65. The van der Waals surface area contributed by atoms with Crippen LogP contribution in [-0.4, -0.2) is 21.6 Å². The lowest BCUT2D eigenvalue weighted by Crippen LogP contribution is -2.40. The molecule has 6 heteroatoms. The summed E-state index contributed by atoms with van der Waals surface area (Å²) < 4.78 is 4.97. The standard InChI is InChI=1S/C14H18N4O2/c1-9-5-12(18-20-9)16-11-6-10(7-15-8-11)13(19)17-14(2,3)4/h5-8H,1-4H3,(H,16,18)(H,17,19). The van der Waals surface area contributed by atoms with E-state index < -0.39 is 0 Å². The molecule has 2 rings (SSSR count). The number of carbonyl (C=O) groups excluding carboxylic acids is 1. The zero-order valence-electron chi connectivity index (χ0n) is 12.0. The van der Waals surface area contributed by atoms with Crippen LogP contribution in [0.25, 0.3) is 0 Å². The van der Waals surface area contributed by atoms with Crippen molar-refractivity contribution in [3.63, 3.8) is 0 Å². The van der Waals surface area contributed by atoms with Gasteiger partial charge in [-0.3, -0.25) is 9.78 Å². The summed E-state index contributed by atoms with van der Waals surface area (Å²) in [4.78, 5) is 16.1. The molecule has 2 aromatic heterocycles. The van der Waals surface area contributed by atoms with Crippen molar-refractivity contribution in [1.29, 1.82) is 0 Å². The van der Waals surface area contributed by atoms with Crippen LogP contribution in [0.4, 0.5) is 11.5 Å². The summed E-state index contributed by atoms with van der Waals surface area (Å²) in [5.41, 5.74) is 0.883. The summed E-state index contributed by atoms with van der Waals surface area (Å²) in [6.07, 6.45) is 3.15. The monoisotopic (exact) mass is 274 g/mol. The van der Waals surface area contributed by atoms with E-state index in [2.05, 4.69) is 20.8 Å². The second kappa shape index (κ2) is 5.32. The molecule has 0 atom stereocenters. The Bertz CT molecular complexity index is 614. The van der Waals surface area contributed by atoms with Crippen molar-refractivity contribution in [2.45, 2.75) is 33.2 Å². The lowest BCUT2D eigenvalue weighted by molar-refractivity contribution is 0.0919. The van der Waals surface area contributed by atoms with E-state index in [0.717, 1.165) is 0 Å². The molecule has 0 aliphatic carbocycles. The molecule has 0 aliphatic rings. The second-order valence-corrected chi connectivity index (χ2v) is 5.61. The van der Waals surface area contributed by atoms with Gasteiger partial charge in [0.2, 0.25) is 0 Å². The quantitative estimate of drug-likeness (QED) is 0.899.